The van der Waals surface area contributed by atoms with Crippen LogP contribution < -0.4 is 11.1 Å². The predicted octanol–water partition coefficient (Wildman–Crippen LogP) is 3.24. The highest BCUT2D eigenvalue weighted by molar-refractivity contribution is 14.0. The smallest absolute Gasteiger partial charge is 0.409 e. The summed E-state index contributed by atoms with van der Waals surface area (Å²) in [5, 5.41) is 3.28. The van der Waals surface area contributed by atoms with Gasteiger partial charge in [0.25, 0.3) is 0 Å². The first-order chi connectivity index (χ1) is 12.0. The number of ether oxygens (including phenoxy) is 1. The average molecular weight is 474 g/mol. The van der Waals surface area contributed by atoms with Crippen molar-refractivity contribution in [3.8, 4) is 0 Å². The van der Waals surface area contributed by atoms with E-state index in [1.165, 1.54) is 11.1 Å². The molecule has 1 aromatic carbocycles. The number of amides is 1. The maximum absolute atomic E-state index is 11.7. The third-order valence-electron chi connectivity index (χ3n) is 4.52. The van der Waals surface area contributed by atoms with Crippen LogP contribution in [0.5, 0.6) is 0 Å². The third kappa shape index (κ3) is 7.01. The number of carbonyl (C=O) groups is 1. The number of carbonyl (C=O) groups excluding carboxylic acids is 1. The van der Waals surface area contributed by atoms with Crippen molar-refractivity contribution >= 4 is 36.0 Å². The number of benzene rings is 1. The van der Waals surface area contributed by atoms with Gasteiger partial charge in [-0.3, -0.25) is 4.99 Å². The number of guanidine groups is 1. The van der Waals surface area contributed by atoms with Crippen molar-refractivity contribution < 1.29 is 9.53 Å². The molecule has 0 radical (unpaired) electrons. The molecular formula is C19H31IN4O2. The second kappa shape index (κ2) is 11.3. The Balaban J connectivity index is 0.00000338. The SMILES string of the molecule is CCOC(=O)N1CCC(NC(N)=NCC(C)c2cccc(C)c2)CC1.I. The van der Waals surface area contributed by atoms with Crippen molar-refractivity contribution in [2.45, 2.75) is 45.6 Å². The van der Waals surface area contributed by atoms with Gasteiger partial charge in [-0.2, -0.15) is 0 Å². The van der Waals surface area contributed by atoms with E-state index in [0.717, 1.165) is 12.8 Å². The van der Waals surface area contributed by atoms with Crippen molar-refractivity contribution in [1.29, 1.82) is 0 Å². The molecule has 6 nitrogen and oxygen atoms in total. The van der Waals surface area contributed by atoms with E-state index in [1.807, 2.05) is 6.92 Å². The van der Waals surface area contributed by atoms with Crippen LogP contribution in [0, 0.1) is 6.92 Å². The van der Waals surface area contributed by atoms with E-state index in [0.29, 0.717) is 38.1 Å². The van der Waals surface area contributed by atoms with E-state index in [9.17, 15) is 4.79 Å². The Morgan fingerprint density at radius 2 is 2.12 bits per heavy atom. The van der Waals surface area contributed by atoms with E-state index in [-0.39, 0.29) is 36.1 Å². The molecule has 7 heteroatoms. The predicted molar refractivity (Wildman–Crippen MR) is 116 cm³/mol. The number of nitrogens with one attached hydrogen (secondary N) is 1. The number of likely N-dealkylation sites (tertiary alicyclic amines) is 1. The van der Waals surface area contributed by atoms with Gasteiger partial charge in [0.15, 0.2) is 5.96 Å². The first kappa shape index (κ1) is 22.5. The summed E-state index contributed by atoms with van der Waals surface area (Å²) in [7, 11) is 0. The zero-order valence-electron chi connectivity index (χ0n) is 15.9. The molecule has 0 spiro atoms. The minimum Gasteiger partial charge on any atom is -0.450 e. The molecule has 0 saturated carbocycles. The fraction of sp³-hybridized carbons (Fsp3) is 0.579. The Kier molecular flexibility index (Phi) is 9.75. The van der Waals surface area contributed by atoms with Crippen LogP contribution in [0.25, 0.3) is 0 Å². The molecule has 26 heavy (non-hydrogen) atoms. The number of nitrogens with zero attached hydrogens (tertiary/aromatic N) is 2. The van der Waals surface area contributed by atoms with Gasteiger partial charge in [0.1, 0.15) is 0 Å². The zero-order chi connectivity index (χ0) is 18.2. The van der Waals surface area contributed by atoms with Crippen LogP contribution in [0.1, 0.15) is 43.7 Å². The van der Waals surface area contributed by atoms with Crippen molar-refractivity contribution in [1.82, 2.24) is 10.2 Å². The monoisotopic (exact) mass is 474 g/mol. The van der Waals surface area contributed by atoms with Gasteiger partial charge in [-0.25, -0.2) is 4.79 Å². The summed E-state index contributed by atoms with van der Waals surface area (Å²) in [5.41, 5.74) is 8.57. The zero-order valence-corrected chi connectivity index (χ0v) is 18.2. The average Bonchev–Trinajstić information content (AvgIpc) is 2.60. The molecule has 1 aliphatic rings. The Morgan fingerprint density at radius 1 is 1.42 bits per heavy atom. The second-order valence-electron chi connectivity index (χ2n) is 6.65. The van der Waals surface area contributed by atoms with Gasteiger partial charge in [0.05, 0.1) is 6.61 Å². The molecule has 3 N–H and O–H groups in total. The Morgan fingerprint density at radius 3 is 2.73 bits per heavy atom. The standard InChI is InChI=1S/C19H30N4O2.HI/c1-4-25-19(24)23-10-8-17(9-11-23)22-18(20)21-13-15(3)16-7-5-6-14(2)12-16;/h5-7,12,15,17H,4,8-11,13H2,1-3H3,(H3,20,21,22);1H. The van der Waals surface area contributed by atoms with Gasteiger partial charge in [0.2, 0.25) is 0 Å². The van der Waals surface area contributed by atoms with Crippen LogP contribution in [0.15, 0.2) is 29.3 Å². The lowest BCUT2D eigenvalue weighted by molar-refractivity contribution is 0.0963. The Labute approximate surface area is 173 Å². The molecule has 146 valence electrons. The maximum atomic E-state index is 11.7. The highest BCUT2D eigenvalue weighted by atomic mass is 127. The van der Waals surface area contributed by atoms with Crippen molar-refractivity contribution in [2.24, 2.45) is 10.7 Å². The minimum atomic E-state index is -0.227. The molecule has 1 aromatic rings. The number of aryl methyl sites for hydroxylation is 1. The van der Waals surface area contributed by atoms with Crippen LogP contribution in [0.2, 0.25) is 0 Å². The van der Waals surface area contributed by atoms with Crippen LogP contribution >= 0.6 is 24.0 Å². The molecule has 1 fully saturated rings. The number of hydrogen-bond acceptors (Lipinski definition) is 3. The first-order valence-electron chi connectivity index (χ1n) is 9.04. The van der Waals surface area contributed by atoms with Crippen molar-refractivity contribution in [3.05, 3.63) is 35.4 Å². The number of nitrogens with two attached hydrogens (primary N) is 1. The summed E-state index contributed by atoms with van der Waals surface area (Å²) in [6, 6.07) is 8.74. The maximum Gasteiger partial charge on any atom is 0.409 e. The van der Waals surface area contributed by atoms with E-state index in [2.05, 4.69) is 48.4 Å². The lowest BCUT2D eigenvalue weighted by Gasteiger charge is -2.31. The molecule has 1 unspecified atom stereocenters. The van der Waals surface area contributed by atoms with Gasteiger partial charge in [-0.05, 0) is 32.3 Å². The summed E-state index contributed by atoms with van der Waals surface area (Å²) in [6.07, 6.45) is 1.47. The fourth-order valence-corrected chi connectivity index (χ4v) is 2.99. The highest BCUT2D eigenvalue weighted by Gasteiger charge is 2.23. The molecule has 1 atom stereocenters. The second-order valence-corrected chi connectivity index (χ2v) is 6.65. The summed E-state index contributed by atoms with van der Waals surface area (Å²) >= 11 is 0. The first-order valence-corrected chi connectivity index (χ1v) is 9.04. The number of hydrogen-bond donors (Lipinski definition) is 2. The van der Waals surface area contributed by atoms with Gasteiger partial charge in [-0.15, -0.1) is 24.0 Å². The van der Waals surface area contributed by atoms with Gasteiger partial charge in [0, 0.05) is 31.6 Å². The third-order valence-corrected chi connectivity index (χ3v) is 4.52. The molecule has 0 aliphatic carbocycles. The number of halogens is 1. The van der Waals surface area contributed by atoms with Gasteiger partial charge in [-0.1, -0.05) is 36.8 Å². The number of rotatable bonds is 5. The molecule has 1 amide bonds. The van der Waals surface area contributed by atoms with Crippen LogP contribution in [0.4, 0.5) is 4.79 Å². The summed E-state index contributed by atoms with van der Waals surface area (Å²) < 4.78 is 5.03. The highest BCUT2D eigenvalue weighted by Crippen LogP contribution is 2.16. The van der Waals surface area contributed by atoms with E-state index >= 15 is 0 Å². The van der Waals surface area contributed by atoms with E-state index in [4.69, 9.17) is 10.5 Å². The molecule has 2 rings (SSSR count). The van der Waals surface area contributed by atoms with Crippen LogP contribution in [-0.2, 0) is 4.74 Å². The quantitative estimate of drug-likeness (QED) is 0.390. The summed E-state index contributed by atoms with van der Waals surface area (Å²) in [4.78, 5) is 17.9. The van der Waals surface area contributed by atoms with E-state index in [1.54, 1.807) is 4.90 Å². The largest absolute Gasteiger partial charge is 0.450 e. The lowest BCUT2D eigenvalue weighted by atomic mass is 10.00. The molecular weight excluding hydrogens is 443 g/mol. The normalized spacial score (nSPS) is 16.6. The summed E-state index contributed by atoms with van der Waals surface area (Å²) in [5.74, 6) is 0.806. The van der Waals surface area contributed by atoms with Crippen LogP contribution in [0.3, 0.4) is 0 Å². The van der Waals surface area contributed by atoms with E-state index < -0.39 is 0 Å². The van der Waals surface area contributed by atoms with Crippen LogP contribution in [-0.4, -0.2) is 49.2 Å². The topological polar surface area (TPSA) is 80.0 Å². The van der Waals surface area contributed by atoms with Gasteiger partial charge >= 0.3 is 6.09 Å². The van der Waals surface area contributed by atoms with Crippen molar-refractivity contribution in [2.75, 3.05) is 26.2 Å². The van der Waals surface area contributed by atoms with Crippen molar-refractivity contribution in [3.63, 3.8) is 0 Å². The lowest BCUT2D eigenvalue weighted by Crippen LogP contribution is -2.48. The molecule has 0 bridgehead atoms. The van der Waals surface area contributed by atoms with Gasteiger partial charge < -0.3 is 20.7 Å². The Hall–Kier alpha value is -1.51. The number of piperidine rings is 1. The fourth-order valence-electron chi connectivity index (χ4n) is 2.99. The number of aliphatic imine (C=N–C) groups is 1. The molecule has 1 saturated heterocycles. The molecule has 0 aromatic heterocycles. The Bertz CT molecular complexity index is 601. The molecule has 1 heterocycles. The minimum absolute atomic E-state index is 0. The summed E-state index contributed by atoms with van der Waals surface area (Å²) in [6.45, 7) is 8.51. The molecule has 1 aliphatic heterocycles.